The fourth-order valence-corrected chi connectivity index (χ4v) is 3.43. The first kappa shape index (κ1) is 19.2. The SMILES string of the molecule is O=C1NC(=O)C(=Cc2ccc(OC(C(=O)OCc3ccccc3)[C@H]3CN3)cc2)S1. The van der Waals surface area contributed by atoms with E-state index in [0.717, 1.165) is 22.9 Å². The third-order valence-corrected chi connectivity index (χ3v) is 5.16. The summed E-state index contributed by atoms with van der Waals surface area (Å²) in [5, 5.41) is 4.92. The van der Waals surface area contributed by atoms with Crippen molar-refractivity contribution in [2.45, 2.75) is 18.8 Å². The lowest BCUT2D eigenvalue weighted by Crippen LogP contribution is -2.35. The number of benzene rings is 2. The van der Waals surface area contributed by atoms with Crippen LogP contribution < -0.4 is 15.4 Å². The van der Waals surface area contributed by atoms with Crippen molar-refractivity contribution < 1.29 is 23.9 Å². The van der Waals surface area contributed by atoms with Crippen LogP contribution in [0.25, 0.3) is 6.08 Å². The van der Waals surface area contributed by atoms with Crippen LogP contribution in [-0.4, -0.2) is 35.8 Å². The Morgan fingerprint density at radius 2 is 1.86 bits per heavy atom. The monoisotopic (exact) mass is 410 g/mol. The first-order valence-corrected chi connectivity index (χ1v) is 9.86. The highest BCUT2D eigenvalue weighted by atomic mass is 32.2. The Labute approximate surface area is 171 Å². The fraction of sp³-hybridized carbons (Fsp3) is 0.190. The van der Waals surface area contributed by atoms with Crippen molar-refractivity contribution in [3.05, 3.63) is 70.6 Å². The predicted octanol–water partition coefficient (Wildman–Crippen LogP) is 2.47. The van der Waals surface area contributed by atoms with Crippen LogP contribution in [0.3, 0.4) is 0 Å². The molecule has 0 saturated carbocycles. The topological polar surface area (TPSA) is 104 Å². The van der Waals surface area contributed by atoms with E-state index in [0.29, 0.717) is 17.2 Å². The van der Waals surface area contributed by atoms with Gasteiger partial charge in [0.1, 0.15) is 12.4 Å². The third kappa shape index (κ3) is 5.04. The van der Waals surface area contributed by atoms with Gasteiger partial charge in [0, 0.05) is 6.54 Å². The molecule has 0 bridgehead atoms. The Hall–Kier alpha value is -3.10. The molecule has 2 amide bonds. The zero-order chi connectivity index (χ0) is 20.2. The van der Waals surface area contributed by atoms with Gasteiger partial charge in [-0.15, -0.1) is 0 Å². The van der Waals surface area contributed by atoms with Crippen LogP contribution in [0, 0.1) is 0 Å². The molecule has 2 saturated heterocycles. The Morgan fingerprint density at radius 1 is 1.14 bits per heavy atom. The normalized spacial score (nSPS) is 20.3. The maximum Gasteiger partial charge on any atom is 0.349 e. The molecule has 2 aromatic carbocycles. The van der Waals surface area contributed by atoms with Crippen LogP contribution in [0.1, 0.15) is 11.1 Å². The van der Waals surface area contributed by atoms with Gasteiger partial charge in [-0.3, -0.25) is 14.9 Å². The molecule has 2 atom stereocenters. The largest absolute Gasteiger partial charge is 0.477 e. The number of ether oxygens (including phenoxy) is 2. The zero-order valence-corrected chi connectivity index (χ0v) is 16.1. The maximum atomic E-state index is 12.5. The average Bonchev–Trinajstić information content (AvgIpc) is 3.51. The predicted molar refractivity (Wildman–Crippen MR) is 108 cm³/mol. The van der Waals surface area contributed by atoms with Crippen molar-refractivity contribution in [2.75, 3.05) is 6.54 Å². The van der Waals surface area contributed by atoms with Crippen LogP contribution in [-0.2, 0) is 20.9 Å². The van der Waals surface area contributed by atoms with E-state index in [2.05, 4.69) is 10.6 Å². The number of esters is 1. The molecule has 8 heteroatoms. The van der Waals surface area contributed by atoms with Crippen LogP contribution in [0.2, 0.25) is 0 Å². The van der Waals surface area contributed by atoms with E-state index < -0.39 is 18.0 Å². The molecular weight excluding hydrogens is 392 g/mol. The molecule has 4 rings (SSSR count). The van der Waals surface area contributed by atoms with E-state index in [1.165, 1.54) is 0 Å². The molecule has 2 aliphatic heterocycles. The van der Waals surface area contributed by atoms with Gasteiger partial charge < -0.3 is 14.8 Å². The molecule has 0 radical (unpaired) electrons. The molecule has 7 nitrogen and oxygen atoms in total. The van der Waals surface area contributed by atoms with Gasteiger partial charge in [0.2, 0.25) is 6.10 Å². The summed E-state index contributed by atoms with van der Waals surface area (Å²) >= 11 is 0.864. The molecular formula is C21H18N2O5S. The molecule has 2 heterocycles. The van der Waals surface area contributed by atoms with Gasteiger partial charge in [-0.25, -0.2) is 4.79 Å². The summed E-state index contributed by atoms with van der Waals surface area (Å²) in [6.45, 7) is 0.882. The first-order chi connectivity index (χ1) is 14.1. The lowest BCUT2D eigenvalue weighted by atomic mass is 10.2. The van der Waals surface area contributed by atoms with Gasteiger partial charge in [0.15, 0.2) is 0 Å². The van der Waals surface area contributed by atoms with Crippen molar-refractivity contribution in [1.82, 2.24) is 10.6 Å². The summed E-state index contributed by atoms with van der Waals surface area (Å²) in [5.74, 6) is -0.309. The molecule has 148 valence electrons. The number of carbonyl (C=O) groups is 3. The summed E-state index contributed by atoms with van der Waals surface area (Å²) < 4.78 is 11.3. The minimum atomic E-state index is -0.739. The number of carbonyl (C=O) groups excluding carboxylic acids is 3. The Balaban J connectivity index is 1.38. The van der Waals surface area contributed by atoms with Gasteiger partial charge in [-0.05, 0) is 41.1 Å². The molecule has 2 aliphatic rings. The standard InChI is InChI=1S/C21H18N2O5S/c24-19-17(29-21(26)23-19)10-13-6-8-15(9-7-13)28-18(16-11-22-16)20(25)27-12-14-4-2-1-3-5-14/h1-10,16,18,22H,11-12H2,(H,23,24,26)/t16-,18?/m1/s1. The van der Waals surface area contributed by atoms with Crippen molar-refractivity contribution >= 4 is 35.0 Å². The van der Waals surface area contributed by atoms with Crippen molar-refractivity contribution in [1.29, 1.82) is 0 Å². The minimum Gasteiger partial charge on any atom is -0.477 e. The van der Waals surface area contributed by atoms with E-state index in [-0.39, 0.29) is 17.9 Å². The summed E-state index contributed by atoms with van der Waals surface area (Å²) in [6, 6.07) is 16.3. The van der Waals surface area contributed by atoms with Crippen molar-refractivity contribution in [3.8, 4) is 5.75 Å². The second kappa shape index (κ2) is 8.50. The van der Waals surface area contributed by atoms with Gasteiger partial charge in [-0.2, -0.15) is 0 Å². The average molecular weight is 410 g/mol. The molecule has 2 fully saturated rings. The lowest BCUT2D eigenvalue weighted by Gasteiger charge is -2.17. The first-order valence-electron chi connectivity index (χ1n) is 9.04. The van der Waals surface area contributed by atoms with Crippen LogP contribution in [0.5, 0.6) is 5.75 Å². The van der Waals surface area contributed by atoms with Gasteiger partial charge in [0.05, 0.1) is 10.9 Å². The molecule has 0 aromatic heterocycles. The number of hydrogen-bond donors (Lipinski definition) is 2. The van der Waals surface area contributed by atoms with Gasteiger partial charge in [-0.1, -0.05) is 42.5 Å². The third-order valence-electron chi connectivity index (χ3n) is 4.34. The molecule has 2 N–H and O–H groups in total. The highest BCUT2D eigenvalue weighted by Gasteiger charge is 2.39. The Bertz CT molecular complexity index is 955. The van der Waals surface area contributed by atoms with Gasteiger partial charge >= 0.3 is 5.97 Å². The quantitative estimate of drug-likeness (QED) is 0.411. The Kier molecular flexibility index (Phi) is 5.64. The number of nitrogens with one attached hydrogen (secondary N) is 2. The molecule has 2 aromatic rings. The summed E-state index contributed by atoms with van der Waals surface area (Å²) in [4.78, 5) is 35.7. The molecule has 0 spiro atoms. The number of hydrogen-bond acceptors (Lipinski definition) is 7. The van der Waals surface area contributed by atoms with Crippen molar-refractivity contribution in [3.63, 3.8) is 0 Å². The van der Waals surface area contributed by atoms with E-state index in [1.54, 1.807) is 30.3 Å². The zero-order valence-electron chi connectivity index (χ0n) is 15.3. The van der Waals surface area contributed by atoms with E-state index in [9.17, 15) is 14.4 Å². The number of thioether (sulfide) groups is 1. The van der Waals surface area contributed by atoms with E-state index in [1.807, 2.05) is 30.3 Å². The second-order valence-electron chi connectivity index (χ2n) is 6.57. The molecule has 29 heavy (non-hydrogen) atoms. The van der Waals surface area contributed by atoms with Crippen LogP contribution >= 0.6 is 11.8 Å². The lowest BCUT2D eigenvalue weighted by molar-refractivity contribution is -0.153. The highest BCUT2D eigenvalue weighted by molar-refractivity contribution is 8.18. The number of imide groups is 1. The van der Waals surface area contributed by atoms with Gasteiger partial charge in [0.25, 0.3) is 11.1 Å². The van der Waals surface area contributed by atoms with E-state index >= 15 is 0 Å². The van der Waals surface area contributed by atoms with Crippen LogP contribution in [0.4, 0.5) is 4.79 Å². The minimum absolute atomic E-state index is 0.0790. The van der Waals surface area contributed by atoms with E-state index in [4.69, 9.17) is 9.47 Å². The summed E-state index contributed by atoms with van der Waals surface area (Å²) in [7, 11) is 0. The smallest absolute Gasteiger partial charge is 0.349 e. The summed E-state index contributed by atoms with van der Waals surface area (Å²) in [5.41, 5.74) is 1.66. The number of rotatable bonds is 7. The van der Waals surface area contributed by atoms with Crippen LogP contribution in [0.15, 0.2) is 59.5 Å². The molecule has 0 aliphatic carbocycles. The Morgan fingerprint density at radius 3 is 2.48 bits per heavy atom. The fourth-order valence-electron chi connectivity index (χ4n) is 2.75. The molecule has 1 unspecified atom stereocenters. The maximum absolute atomic E-state index is 12.5. The van der Waals surface area contributed by atoms with Crippen molar-refractivity contribution in [2.24, 2.45) is 0 Å². The number of amides is 2. The second-order valence-corrected chi connectivity index (χ2v) is 7.58. The highest BCUT2D eigenvalue weighted by Crippen LogP contribution is 2.26. The summed E-state index contributed by atoms with van der Waals surface area (Å²) in [6.07, 6.45) is 0.889.